The third kappa shape index (κ3) is 4.58. The average molecular weight is 509 g/mol. The number of Topliss-reactive ketones (excluding diaryl/α,β-unsaturated/α-hetero) is 1. The Kier molecular flexibility index (Phi) is 6.57. The van der Waals surface area contributed by atoms with Crippen LogP contribution in [0.1, 0.15) is 49.1 Å². The van der Waals surface area contributed by atoms with Crippen molar-refractivity contribution in [3.63, 3.8) is 0 Å². The zero-order chi connectivity index (χ0) is 27.0. The minimum atomic E-state index is -0.698. The lowest BCUT2D eigenvalue weighted by atomic mass is 9.85. The summed E-state index contributed by atoms with van der Waals surface area (Å²) in [7, 11) is 1.56. The summed E-state index contributed by atoms with van der Waals surface area (Å²) >= 11 is 0. The van der Waals surface area contributed by atoms with Crippen LogP contribution in [0, 0.1) is 0 Å². The Labute approximate surface area is 222 Å². The Bertz CT molecular complexity index is 1520. The lowest BCUT2D eigenvalue weighted by Gasteiger charge is -2.26. The maximum absolute atomic E-state index is 13.4. The van der Waals surface area contributed by atoms with Crippen LogP contribution in [0.2, 0.25) is 0 Å². The fraction of sp³-hybridized carbons (Fsp3) is 0.250. The molecule has 1 saturated heterocycles. The number of nitrogens with one attached hydrogen (secondary N) is 1. The Balaban J connectivity index is 1.56. The van der Waals surface area contributed by atoms with E-state index in [-0.39, 0.29) is 16.7 Å². The van der Waals surface area contributed by atoms with E-state index in [9.17, 15) is 14.7 Å². The van der Waals surface area contributed by atoms with E-state index in [0.717, 1.165) is 27.6 Å². The van der Waals surface area contributed by atoms with Crippen molar-refractivity contribution in [3.05, 3.63) is 107 Å². The quantitative estimate of drug-likeness (QED) is 0.186. The van der Waals surface area contributed by atoms with Crippen molar-refractivity contribution in [2.45, 2.75) is 38.6 Å². The molecule has 1 aromatic heterocycles. The highest BCUT2D eigenvalue weighted by Gasteiger charge is 2.46. The number of benzene rings is 3. The van der Waals surface area contributed by atoms with Crippen molar-refractivity contribution in [1.29, 1.82) is 0 Å². The molecule has 2 N–H and O–H groups in total. The number of methoxy groups -OCH3 is 1. The van der Waals surface area contributed by atoms with Gasteiger partial charge in [-0.3, -0.25) is 9.59 Å². The molecule has 1 aliphatic rings. The van der Waals surface area contributed by atoms with Crippen molar-refractivity contribution in [2.75, 3.05) is 13.7 Å². The number of aromatic nitrogens is 1. The van der Waals surface area contributed by atoms with Gasteiger partial charge in [0.2, 0.25) is 0 Å². The number of aliphatic hydroxyl groups excluding tert-OH is 1. The number of rotatable bonds is 6. The van der Waals surface area contributed by atoms with Gasteiger partial charge in [0.05, 0.1) is 18.7 Å². The Hall–Kier alpha value is -4.32. The molecule has 3 aromatic carbocycles. The van der Waals surface area contributed by atoms with Crippen molar-refractivity contribution in [2.24, 2.45) is 0 Å². The fourth-order valence-corrected chi connectivity index (χ4v) is 5.11. The summed E-state index contributed by atoms with van der Waals surface area (Å²) in [5.74, 6) is -0.840. The number of likely N-dealkylation sites (tertiary alicyclic amines) is 1. The van der Waals surface area contributed by atoms with Crippen LogP contribution in [0.5, 0.6) is 5.75 Å². The molecule has 6 heteroatoms. The van der Waals surface area contributed by atoms with Crippen molar-refractivity contribution < 1.29 is 19.4 Å². The van der Waals surface area contributed by atoms with Crippen LogP contribution in [-0.4, -0.2) is 40.3 Å². The molecule has 2 heterocycles. The normalized spacial score (nSPS) is 17.4. The van der Waals surface area contributed by atoms with Gasteiger partial charge in [-0.25, -0.2) is 0 Å². The molecular formula is C32H32N2O4. The number of carbonyl (C=O) groups is 2. The van der Waals surface area contributed by atoms with Crippen molar-refractivity contribution >= 4 is 28.4 Å². The standard InChI is InChI=1S/C32H32N2O4/c1-32(2,3)23-13-9-20(10-14-23)28-27(29(35)21-11-15-24(38-4)16-12-21)30(36)31(37)34(28)18-17-22-19-33-26-8-6-5-7-25(22)26/h5-16,19,28,33,35H,17-18H2,1-4H3/t28-/m1/s1. The van der Waals surface area contributed by atoms with Gasteiger partial charge in [0, 0.05) is 29.2 Å². The van der Waals surface area contributed by atoms with Crippen LogP contribution in [0.25, 0.3) is 16.7 Å². The minimum Gasteiger partial charge on any atom is -0.507 e. The second kappa shape index (κ2) is 9.86. The number of ketones is 1. The summed E-state index contributed by atoms with van der Waals surface area (Å²) in [5, 5.41) is 12.4. The summed E-state index contributed by atoms with van der Waals surface area (Å²) in [5.41, 5.74) is 4.54. The van der Waals surface area contributed by atoms with E-state index in [1.165, 1.54) is 0 Å². The van der Waals surface area contributed by atoms with Gasteiger partial charge in [0.25, 0.3) is 11.7 Å². The maximum Gasteiger partial charge on any atom is 0.295 e. The zero-order valence-electron chi connectivity index (χ0n) is 22.1. The highest BCUT2D eigenvalue weighted by Crippen LogP contribution is 2.40. The largest absolute Gasteiger partial charge is 0.507 e. The molecule has 194 valence electrons. The molecule has 0 saturated carbocycles. The van der Waals surface area contributed by atoms with Crippen LogP contribution < -0.4 is 4.74 Å². The SMILES string of the molecule is COc1ccc(C(O)=C2C(=O)C(=O)N(CCc3c[nH]c4ccccc34)[C@@H]2c2ccc(C(C)(C)C)cc2)cc1. The lowest BCUT2D eigenvalue weighted by molar-refractivity contribution is -0.139. The van der Waals surface area contributed by atoms with E-state index in [1.807, 2.05) is 54.7 Å². The first-order valence-corrected chi connectivity index (χ1v) is 12.8. The van der Waals surface area contributed by atoms with Crippen molar-refractivity contribution in [1.82, 2.24) is 9.88 Å². The van der Waals surface area contributed by atoms with Gasteiger partial charge in [0.15, 0.2) is 0 Å². The van der Waals surface area contributed by atoms with Gasteiger partial charge in [-0.1, -0.05) is 63.2 Å². The molecule has 0 bridgehead atoms. The molecule has 38 heavy (non-hydrogen) atoms. The number of nitrogens with zero attached hydrogens (tertiary/aromatic N) is 1. The molecule has 1 fully saturated rings. The molecule has 1 aliphatic heterocycles. The first-order valence-electron chi connectivity index (χ1n) is 12.8. The van der Waals surface area contributed by atoms with Crippen LogP contribution in [-0.2, 0) is 21.4 Å². The summed E-state index contributed by atoms with van der Waals surface area (Å²) < 4.78 is 5.23. The first kappa shape index (κ1) is 25.3. The number of hydrogen-bond acceptors (Lipinski definition) is 4. The number of para-hydroxylation sites is 1. The number of amides is 1. The summed E-state index contributed by atoms with van der Waals surface area (Å²) in [4.78, 5) is 31.6. The van der Waals surface area contributed by atoms with E-state index in [4.69, 9.17) is 4.74 Å². The lowest BCUT2D eigenvalue weighted by Crippen LogP contribution is -2.31. The Morgan fingerprint density at radius 2 is 1.66 bits per heavy atom. The molecule has 1 amide bonds. The highest BCUT2D eigenvalue weighted by atomic mass is 16.5. The average Bonchev–Trinajstić information content (AvgIpc) is 3.45. The highest BCUT2D eigenvalue weighted by molar-refractivity contribution is 6.46. The van der Waals surface area contributed by atoms with Gasteiger partial charge in [-0.15, -0.1) is 0 Å². The number of H-pyrrole nitrogens is 1. The third-order valence-electron chi connectivity index (χ3n) is 7.29. The molecule has 4 aromatic rings. The Morgan fingerprint density at radius 1 is 0.974 bits per heavy atom. The number of ether oxygens (including phenoxy) is 1. The second-order valence-electron chi connectivity index (χ2n) is 10.7. The molecular weight excluding hydrogens is 476 g/mol. The summed E-state index contributed by atoms with van der Waals surface area (Å²) in [6, 6.07) is 22.1. The van der Waals surface area contributed by atoms with E-state index in [1.54, 1.807) is 36.3 Å². The number of carbonyl (C=O) groups excluding carboxylic acids is 2. The van der Waals surface area contributed by atoms with Gasteiger partial charge >= 0.3 is 0 Å². The molecule has 1 atom stereocenters. The monoisotopic (exact) mass is 508 g/mol. The summed E-state index contributed by atoms with van der Waals surface area (Å²) in [6.07, 6.45) is 2.52. The smallest absolute Gasteiger partial charge is 0.295 e. The molecule has 5 rings (SSSR count). The predicted octanol–water partition coefficient (Wildman–Crippen LogP) is 6.14. The van der Waals surface area contributed by atoms with Crippen molar-refractivity contribution in [3.8, 4) is 5.75 Å². The topological polar surface area (TPSA) is 82.6 Å². The molecule has 6 nitrogen and oxygen atoms in total. The van der Waals surface area contributed by atoms with Gasteiger partial charge < -0.3 is 19.7 Å². The van der Waals surface area contributed by atoms with Gasteiger partial charge in [-0.2, -0.15) is 0 Å². The van der Waals surface area contributed by atoms with Crippen LogP contribution in [0.15, 0.2) is 84.6 Å². The molecule has 0 radical (unpaired) electrons. The van der Waals surface area contributed by atoms with Crippen LogP contribution >= 0.6 is 0 Å². The van der Waals surface area contributed by atoms with Crippen LogP contribution in [0.3, 0.4) is 0 Å². The molecule has 0 spiro atoms. The first-order chi connectivity index (χ1) is 18.2. The molecule has 0 unspecified atom stereocenters. The minimum absolute atomic E-state index is 0.0429. The number of fused-ring (bicyclic) bond motifs is 1. The van der Waals surface area contributed by atoms with E-state index in [2.05, 4.69) is 25.8 Å². The third-order valence-corrected chi connectivity index (χ3v) is 7.29. The fourth-order valence-electron chi connectivity index (χ4n) is 5.11. The maximum atomic E-state index is 13.4. The number of aromatic amines is 1. The Morgan fingerprint density at radius 3 is 2.32 bits per heavy atom. The predicted molar refractivity (Wildman–Crippen MR) is 149 cm³/mol. The number of hydrogen-bond donors (Lipinski definition) is 2. The second-order valence-corrected chi connectivity index (χ2v) is 10.7. The van der Waals surface area contributed by atoms with E-state index < -0.39 is 17.7 Å². The van der Waals surface area contributed by atoms with Gasteiger partial charge in [0.1, 0.15) is 11.5 Å². The zero-order valence-corrected chi connectivity index (χ0v) is 22.1. The van der Waals surface area contributed by atoms with Gasteiger partial charge in [-0.05, 0) is 58.9 Å². The van der Waals surface area contributed by atoms with E-state index >= 15 is 0 Å². The van der Waals surface area contributed by atoms with E-state index in [0.29, 0.717) is 24.3 Å². The number of aliphatic hydroxyl groups is 1. The molecule has 0 aliphatic carbocycles. The van der Waals surface area contributed by atoms with Crippen LogP contribution in [0.4, 0.5) is 0 Å². The summed E-state index contributed by atoms with van der Waals surface area (Å²) in [6.45, 7) is 6.74.